The van der Waals surface area contributed by atoms with Crippen molar-refractivity contribution in [3.63, 3.8) is 0 Å². The first-order chi connectivity index (χ1) is 12.1. The summed E-state index contributed by atoms with van der Waals surface area (Å²) in [5, 5.41) is 0.371. The van der Waals surface area contributed by atoms with Gasteiger partial charge in [0.1, 0.15) is 19.0 Å². The molecule has 1 aromatic heterocycles. The van der Waals surface area contributed by atoms with Crippen LogP contribution in [-0.2, 0) is 0 Å². The summed E-state index contributed by atoms with van der Waals surface area (Å²) in [6.45, 7) is 0.682. The van der Waals surface area contributed by atoms with Gasteiger partial charge >= 0.3 is 0 Å². The zero-order valence-corrected chi connectivity index (χ0v) is 12.7. The molecule has 0 aliphatic carbocycles. The molecule has 0 bridgehead atoms. The highest BCUT2D eigenvalue weighted by Gasteiger charge is 2.23. The summed E-state index contributed by atoms with van der Waals surface area (Å²) in [4.78, 5) is 4.17. The number of nitrogen functional groups attached to an aromatic ring is 1. The molecule has 0 saturated heterocycles. The molecular weight excluding hydrogens is 337 g/mol. The summed E-state index contributed by atoms with van der Waals surface area (Å²) in [6.07, 6.45) is 1.40. The molecule has 0 fully saturated rings. The first kappa shape index (κ1) is 15.4. The molecule has 2 aromatic carbocycles. The molecule has 0 spiro atoms. The topological polar surface area (TPSA) is 66.6 Å². The minimum absolute atomic E-state index is 0.0503. The number of hydrogen-bond donors (Lipinski definition) is 1. The molecular formula is C17H11F3N2O3. The first-order valence-corrected chi connectivity index (χ1v) is 7.34. The molecule has 0 unspecified atom stereocenters. The minimum atomic E-state index is -1.51. The smallest absolute Gasteiger partial charge is 0.206 e. The lowest BCUT2D eigenvalue weighted by Crippen LogP contribution is -2.15. The highest BCUT2D eigenvalue weighted by atomic mass is 19.2. The van der Waals surface area contributed by atoms with Gasteiger partial charge in [0.25, 0.3) is 0 Å². The van der Waals surface area contributed by atoms with Crippen molar-refractivity contribution < 1.29 is 27.4 Å². The van der Waals surface area contributed by atoms with E-state index in [1.54, 1.807) is 12.1 Å². The lowest BCUT2D eigenvalue weighted by Gasteiger charge is -2.21. The molecule has 0 amide bonds. The third kappa shape index (κ3) is 2.46. The van der Waals surface area contributed by atoms with Gasteiger partial charge in [-0.1, -0.05) is 0 Å². The molecule has 1 aliphatic heterocycles. The Labute approximate surface area is 139 Å². The number of ether oxygens (including phenoxy) is 3. The summed E-state index contributed by atoms with van der Waals surface area (Å²) in [5.74, 6) is -4.04. The lowest BCUT2D eigenvalue weighted by atomic mass is 10.1. The molecule has 3 aromatic rings. The van der Waals surface area contributed by atoms with Gasteiger partial charge in [-0.2, -0.15) is 4.39 Å². The fourth-order valence-corrected chi connectivity index (χ4v) is 2.61. The average Bonchev–Trinajstić information content (AvgIpc) is 2.63. The van der Waals surface area contributed by atoms with E-state index in [9.17, 15) is 13.2 Å². The molecule has 0 radical (unpaired) electrons. The Hall–Kier alpha value is -3.16. The van der Waals surface area contributed by atoms with Gasteiger partial charge < -0.3 is 19.9 Å². The van der Waals surface area contributed by atoms with Crippen molar-refractivity contribution in [2.75, 3.05) is 18.9 Å². The third-order valence-corrected chi connectivity index (χ3v) is 3.73. The summed E-state index contributed by atoms with van der Waals surface area (Å²) in [6, 6.07) is 5.39. The summed E-state index contributed by atoms with van der Waals surface area (Å²) >= 11 is 0. The van der Waals surface area contributed by atoms with Crippen molar-refractivity contribution in [2.45, 2.75) is 0 Å². The van der Waals surface area contributed by atoms with Crippen LogP contribution in [0.5, 0.6) is 23.0 Å². The van der Waals surface area contributed by atoms with Crippen LogP contribution in [0.1, 0.15) is 0 Å². The fourth-order valence-electron chi connectivity index (χ4n) is 2.61. The van der Waals surface area contributed by atoms with Crippen molar-refractivity contribution in [1.29, 1.82) is 0 Å². The van der Waals surface area contributed by atoms with Crippen LogP contribution in [0, 0.1) is 17.5 Å². The molecule has 2 N–H and O–H groups in total. The van der Waals surface area contributed by atoms with Crippen LogP contribution >= 0.6 is 0 Å². The van der Waals surface area contributed by atoms with Crippen molar-refractivity contribution >= 4 is 16.6 Å². The molecule has 0 saturated carbocycles. The molecule has 1 aliphatic rings. The van der Waals surface area contributed by atoms with Gasteiger partial charge in [0.05, 0.1) is 16.6 Å². The quantitative estimate of drug-likeness (QED) is 0.564. The monoisotopic (exact) mass is 348 g/mol. The summed E-state index contributed by atoms with van der Waals surface area (Å²) in [7, 11) is 0. The largest absolute Gasteiger partial charge is 0.486 e. The number of aromatic nitrogens is 1. The van der Waals surface area contributed by atoms with Crippen LogP contribution < -0.4 is 19.9 Å². The van der Waals surface area contributed by atoms with E-state index in [0.29, 0.717) is 41.7 Å². The van der Waals surface area contributed by atoms with Gasteiger partial charge in [0.2, 0.25) is 11.6 Å². The van der Waals surface area contributed by atoms with E-state index in [2.05, 4.69) is 4.98 Å². The molecule has 8 heteroatoms. The van der Waals surface area contributed by atoms with Gasteiger partial charge in [-0.05, 0) is 18.2 Å². The first-order valence-electron chi connectivity index (χ1n) is 7.34. The molecule has 2 heterocycles. The number of pyridine rings is 1. The second-order valence-electron chi connectivity index (χ2n) is 5.30. The summed E-state index contributed by atoms with van der Waals surface area (Å²) in [5.41, 5.74) is 5.04. The van der Waals surface area contributed by atoms with E-state index in [4.69, 9.17) is 19.9 Å². The Morgan fingerprint density at radius 2 is 1.84 bits per heavy atom. The predicted octanol–water partition coefficient (Wildman–Crippen LogP) is 3.80. The zero-order chi connectivity index (χ0) is 17.6. The normalized spacial score (nSPS) is 13.1. The van der Waals surface area contributed by atoms with Crippen molar-refractivity contribution in [2.24, 2.45) is 0 Å². The molecule has 128 valence electrons. The Bertz CT molecular complexity index is 995. The minimum Gasteiger partial charge on any atom is -0.486 e. The van der Waals surface area contributed by atoms with Crippen LogP contribution in [0.3, 0.4) is 0 Å². The standard InChI is InChI=1S/C17H11F3N2O3/c18-8-7-9(21)14(19)15(20)16(8)25-11-3-4-22-10-1-2-12-17(13(10)11)24-6-5-23-12/h1-4,7H,5-6,21H2. The van der Waals surface area contributed by atoms with Crippen molar-refractivity contribution in [1.82, 2.24) is 4.98 Å². The van der Waals surface area contributed by atoms with E-state index in [1.807, 2.05) is 0 Å². The van der Waals surface area contributed by atoms with Gasteiger partial charge in [-0.15, -0.1) is 0 Å². The van der Waals surface area contributed by atoms with Crippen LogP contribution in [0.15, 0.2) is 30.5 Å². The number of fused-ring (bicyclic) bond motifs is 3. The molecule has 25 heavy (non-hydrogen) atoms. The predicted molar refractivity (Wildman–Crippen MR) is 83.5 cm³/mol. The fraction of sp³-hybridized carbons (Fsp3) is 0.118. The Kier molecular flexibility index (Phi) is 3.52. The number of halogens is 3. The number of anilines is 1. The average molecular weight is 348 g/mol. The second kappa shape index (κ2) is 5.73. The highest BCUT2D eigenvalue weighted by Crippen LogP contribution is 2.43. The van der Waals surface area contributed by atoms with Crippen molar-refractivity contribution in [3.8, 4) is 23.0 Å². The number of benzene rings is 2. The molecule has 4 rings (SSSR count). The van der Waals surface area contributed by atoms with Gasteiger partial charge in [-0.3, -0.25) is 4.98 Å². The van der Waals surface area contributed by atoms with Crippen LogP contribution in [0.4, 0.5) is 18.9 Å². The zero-order valence-electron chi connectivity index (χ0n) is 12.7. The maximum atomic E-state index is 14.1. The van der Waals surface area contributed by atoms with E-state index in [1.165, 1.54) is 12.3 Å². The SMILES string of the molecule is Nc1cc(F)c(Oc2ccnc3ccc4c(c23)OCCO4)c(F)c1F. The van der Waals surface area contributed by atoms with Gasteiger partial charge in [0, 0.05) is 12.3 Å². The van der Waals surface area contributed by atoms with Crippen LogP contribution in [-0.4, -0.2) is 18.2 Å². The number of nitrogens with two attached hydrogens (primary N) is 1. The summed E-state index contributed by atoms with van der Waals surface area (Å²) < 4.78 is 58.2. The van der Waals surface area contributed by atoms with E-state index in [0.717, 1.165) is 0 Å². The maximum Gasteiger partial charge on any atom is 0.206 e. The third-order valence-electron chi connectivity index (χ3n) is 3.73. The van der Waals surface area contributed by atoms with Gasteiger partial charge in [-0.25, -0.2) is 8.78 Å². The van der Waals surface area contributed by atoms with Crippen LogP contribution in [0.2, 0.25) is 0 Å². The Morgan fingerprint density at radius 1 is 1.04 bits per heavy atom. The van der Waals surface area contributed by atoms with E-state index in [-0.39, 0.29) is 5.75 Å². The maximum absolute atomic E-state index is 14.1. The van der Waals surface area contributed by atoms with E-state index < -0.39 is 28.9 Å². The lowest BCUT2D eigenvalue weighted by molar-refractivity contribution is 0.173. The highest BCUT2D eigenvalue weighted by molar-refractivity contribution is 5.93. The number of nitrogens with zero attached hydrogens (tertiary/aromatic N) is 1. The Balaban J connectivity index is 1.90. The van der Waals surface area contributed by atoms with Gasteiger partial charge in [0.15, 0.2) is 23.1 Å². The molecule has 0 atom stereocenters. The molecule has 5 nitrogen and oxygen atoms in total. The van der Waals surface area contributed by atoms with Crippen LogP contribution in [0.25, 0.3) is 10.9 Å². The van der Waals surface area contributed by atoms with Crippen molar-refractivity contribution in [3.05, 3.63) is 47.9 Å². The Morgan fingerprint density at radius 3 is 2.68 bits per heavy atom. The number of rotatable bonds is 2. The van der Waals surface area contributed by atoms with E-state index >= 15 is 0 Å². The number of hydrogen-bond acceptors (Lipinski definition) is 5. The second-order valence-corrected chi connectivity index (χ2v) is 5.30.